The van der Waals surface area contributed by atoms with Crippen LogP contribution in [0, 0.1) is 6.92 Å². The monoisotopic (exact) mass is 228 g/mol. The summed E-state index contributed by atoms with van der Waals surface area (Å²) in [5, 5.41) is 18.2. The molecule has 0 atom stereocenters. The normalized spacial score (nSPS) is 10.2. The molecule has 2 aromatic carbocycles. The van der Waals surface area contributed by atoms with Crippen LogP contribution in [0.3, 0.4) is 0 Å². The van der Waals surface area contributed by atoms with E-state index in [0.29, 0.717) is 0 Å². The number of hydrogen-bond donors (Lipinski definition) is 2. The quantitative estimate of drug-likeness (QED) is 0.830. The first-order valence-electron chi connectivity index (χ1n) is 5.21. The molecule has 0 radical (unpaired) electrons. The van der Waals surface area contributed by atoms with Crippen molar-refractivity contribution < 1.29 is 15.0 Å². The summed E-state index contributed by atoms with van der Waals surface area (Å²) < 4.78 is 0. The van der Waals surface area contributed by atoms with E-state index in [9.17, 15) is 9.90 Å². The molecule has 0 aromatic heterocycles. The second-order valence-corrected chi connectivity index (χ2v) is 3.88. The first-order valence-corrected chi connectivity index (χ1v) is 5.21. The molecule has 2 rings (SSSR count). The van der Waals surface area contributed by atoms with E-state index in [0.717, 1.165) is 16.7 Å². The zero-order chi connectivity index (χ0) is 12.4. The fourth-order valence-electron chi connectivity index (χ4n) is 1.71. The summed E-state index contributed by atoms with van der Waals surface area (Å²) in [6, 6.07) is 11.7. The van der Waals surface area contributed by atoms with Gasteiger partial charge < -0.3 is 10.2 Å². The molecule has 0 saturated carbocycles. The zero-order valence-electron chi connectivity index (χ0n) is 9.34. The summed E-state index contributed by atoms with van der Waals surface area (Å²) in [6.45, 7) is 1.92. The van der Waals surface area contributed by atoms with Crippen LogP contribution in [0.5, 0.6) is 5.75 Å². The predicted molar refractivity (Wildman–Crippen MR) is 65.2 cm³/mol. The van der Waals surface area contributed by atoms with Crippen LogP contribution in [0.1, 0.15) is 15.9 Å². The zero-order valence-corrected chi connectivity index (χ0v) is 9.34. The summed E-state index contributed by atoms with van der Waals surface area (Å²) in [7, 11) is 0. The minimum absolute atomic E-state index is 0.195. The van der Waals surface area contributed by atoms with E-state index in [1.807, 2.05) is 6.92 Å². The average molecular weight is 228 g/mol. The number of carbonyl (C=O) groups is 1. The second-order valence-electron chi connectivity index (χ2n) is 3.88. The molecule has 0 aliphatic carbocycles. The highest BCUT2D eigenvalue weighted by Crippen LogP contribution is 2.26. The van der Waals surface area contributed by atoms with Crippen molar-refractivity contribution in [3.8, 4) is 16.9 Å². The number of hydrogen-bond acceptors (Lipinski definition) is 2. The summed E-state index contributed by atoms with van der Waals surface area (Å²) in [6.07, 6.45) is 0. The van der Waals surface area contributed by atoms with Crippen LogP contribution in [0.15, 0.2) is 42.5 Å². The number of aromatic hydroxyl groups is 1. The number of carboxylic acids is 1. The van der Waals surface area contributed by atoms with Gasteiger partial charge in [0.05, 0.1) is 5.56 Å². The van der Waals surface area contributed by atoms with Gasteiger partial charge in [0.1, 0.15) is 5.75 Å². The third-order valence-electron chi connectivity index (χ3n) is 2.66. The second kappa shape index (κ2) is 4.29. The van der Waals surface area contributed by atoms with E-state index in [1.54, 1.807) is 42.5 Å². The average Bonchev–Trinajstić information content (AvgIpc) is 2.31. The third-order valence-corrected chi connectivity index (χ3v) is 2.66. The molecule has 2 N–H and O–H groups in total. The van der Waals surface area contributed by atoms with E-state index < -0.39 is 5.97 Å². The van der Waals surface area contributed by atoms with E-state index in [1.165, 1.54) is 0 Å². The third kappa shape index (κ3) is 2.28. The molecule has 3 heteroatoms. The minimum Gasteiger partial charge on any atom is -0.508 e. The van der Waals surface area contributed by atoms with Crippen molar-refractivity contribution in [1.82, 2.24) is 0 Å². The Bertz CT molecular complexity index is 556. The van der Waals surface area contributed by atoms with Gasteiger partial charge in [0.25, 0.3) is 0 Å². The maximum Gasteiger partial charge on any atom is 0.335 e. The number of benzene rings is 2. The van der Waals surface area contributed by atoms with E-state index in [2.05, 4.69) is 0 Å². The Hall–Kier alpha value is -2.29. The van der Waals surface area contributed by atoms with Crippen molar-refractivity contribution in [2.45, 2.75) is 6.92 Å². The first kappa shape index (κ1) is 11.2. The van der Waals surface area contributed by atoms with Gasteiger partial charge in [-0.15, -0.1) is 0 Å². The lowest BCUT2D eigenvalue weighted by atomic mass is 9.98. The van der Waals surface area contributed by atoms with Gasteiger partial charge in [-0.25, -0.2) is 4.79 Å². The molecular formula is C14H12O3. The Balaban J connectivity index is 2.54. The highest BCUT2D eigenvalue weighted by Gasteiger charge is 2.07. The Labute approximate surface area is 99.0 Å². The van der Waals surface area contributed by atoms with Gasteiger partial charge in [-0.2, -0.15) is 0 Å². The molecule has 2 aromatic rings. The maximum absolute atomic E-state index is 10.9. The molecule has 0 heterocycles. The highest BCUT2D eigenvalue weighted by atomic mass is 16.4. The van der Waals surface area contributed by atoms with Crippen LogP contribution in [-0.2, 0) is 0 Å². The first-order chi connectivity index (χ1) is 8.08. The Morgan fingerprint density at radius 3 is 2.29 bits per heavy atom. The van der Waals surface area contributed by atoms with Crippen LogP contribution in [0.25, 0.3) is 11.1 Å². The largest absolute Gasteiger partial charge is 0.508 e. The van der Waals surface area contributed by atoms with Gasteiger partial charge in [-0.3, -0.25) is 0 Å². The lowest BCUT2D eigenvalue weighted by Crippen LogP contribution is -1.97. The topological polar surface area (TPSA) is 57.5 Å². The van der Waals surface area contributed by atoms with Gasteiger partial charge in [-0.1, -0.05) is 18.2 Å². The van der Waals surface area contributed by atoms with E-state index in [4.69, 9.17) is 5.11 Å². The summed E-state index contributed by atoms with van der Waals surface area (Å²) in [5.74, 6) is -0.745. The molecule has 0 saturated heterocycles. The lowest BCUT2D eigenvalue weighted by molar-refractivity contribution is 0.0697. The van der Waals surface area contributed by atoms with Gasteiger partial charge in [0.2, 0.25) is 0 Å². The van der Waals surface area contributed by atoms with Crippen LogP contribution in [0.2, 0.25) is 0 Å². The Morgan fingerprint density at radius 1 is 1.06 bits per heavy atom. The fraction of sp³-hybridized carbons (Fsp3) is 0.0714. The number of aryl methyl sites for hydroxylation is 1. The van der Waals surface area contributed by atoms with Crippen LogP contribution < -0.4 is 0 Å². The van der Waals surface area contributed by atoms with Crippen molar-refractivity contribution in [3.05, 3.63) is 53.6 Å². The standard InChI is InChI=1S/C14H12O3/c1-9-2-3-11(14(16)17)8-13(9)10-4-6-12(15)7-5-10/h2-8,15H,1H3,(H,16,17). The van der Waals surface area contributed by atoms with Crippen molar-refractivity contribution in [3.63, 3.8) is 0 Å². The Morgan fingerprint density at radius 2 is 1.71 bits per heavy atom. The van der Waals surface area contributed by atoms with Gasteiger partial charge in [-0.05, 0) is 47.9 Å². The highest BCUT2D eigenvalue weighted by molar-refractivity contribution is 5.90. The SMILES string of the molecule is Cc1ccc(C(=O)O)cc1-c1ccc(O)cc1. The fourth-order valence-corrected chi connectivity index (χ4v) is 1.71. The molecule has 0 fully saturated rings. The van der Waals surface area contributed by atoms with Crippen molar-refractivity contribution in [1.29, 1.82) is 0 Å². The smallest absolute Gasteiger partial charge is 0.335 e. The summed E-state index contributed by atoms with van der Waals surface area (Å²) in [4.78, 5) is 10.9. The van der Waals surface area contributed by atoms with Crippen molar-refractivity contribution >= 4 is 5.97 Å². The van der Waals surface area contributed by atoms with Crippen molar-refractivity contribution in [2.24, 2.45) is 0 Å². The molecule has 0 aliphatic heterocycles. The summed E-state index contributed by atoms with van der Waals surface area (Å²) in [5.41, 5.74) is 3.02. The minimum atomic E-state index is -0.940. The molecule has 17 heavy (non-hydrogen) atoms. The molecule has 3 nitrogen and oxygen atoms in total. The van der Waals surface area contributed by atoms with Crippen molar-refractivity contribution in [2.75, 3.05) is 0 Å². The lowest BCUT2D eigenvalue weighted by Gasteiger charge is -2.07. The number of rotatable bonds is 2. The van der Waals surface area contributed by atoms with Gasteiger partial charge >= 0.3 is 5.97 Å². The number of phenolic OH excluding ortho intramolecular Hbond substituents is 1. The molecule has 0 unspecified atom stereocenters. The Kier molecular flexibility index (Phi) is 2.83. The predicted octanol–water partition coefficient (Wildman–Crippen LogP) is 3.07. The molecular weight excluding hydrogens is 216 g/mol. The molecule has 0 amide bonds. The molecule has 0 bridgehead atoms. The molecule has 86 valence electrons. The van der Waals surface area contributed by atoms with Crippen LogP contribution in [-0.4, -0.2) is 16.2 Å². The summed E-state index contributed by atoms with van der Waals surface area (Å²) >= 11 is 0. The van der Waals surface area contributed by atoms with Crippen LogP contribution >= 0.6 is 0 Å². The van der Waals surface area contributed by atoms with E-state index >= 15 is 0 Å². The molecule has 0 aliphatic rings. The molecule has 0 spiro atoms. The maximum atomic E-state index is 10.9. The number of carboxylic acid groups (broad SMARTS) is 1. The number of aromatic carboxylic acids is 1. The van der Waals surface area contributed by atoms with E-state index in [-0.39, 0.29) is 11.3 Å². The van der Waals surface area contributed by atoms with Gasteiger partial charge in [0, 0.05) is 0 Å². The van der Waals surface area contributed by atoms with Crippen LogP contribution in [0.4, 0.5) is 0 Å². The van der Waals surface area contributed by atoms with Gasteiger partial charge in [0.15, 0.2) is 0 Å². The number of phenols is 1.